The number of sulfonamides is 1. The minimum Gasteiger partial charge on any atom is -0.397 e. The van der Waals surface area contributed by atoms with Gasteiger partial charge in [-0.25, -0.2) is 0 Å². The molecule has 0 aliphatic carbocycles. The van der Waals surface area contributed by atoms with Gasteiger partial charge in [-0.15, -0.1) is 0 Å². The summed E-state index contributed by atoms with van der Waals surface area (Å²) in [5, 5.41) is 0.438. The van der Waals surface area contributed by atoms with E-state index in [4.69, 9.17) is 5.73 Å². The van der Waals surface area contributed by atoms with Crippen LogP contribution >= 0.6 is 11.8 Å². The maximum Gasteiger partial charge on any atom is 0.284 e. The van der Waals surface area contributed by atoms with Gasteiger partial charge in [-0.2, -0.15) is 12.8 Å². The third-order valence-electron chi connectivity index (χ3n) is 2.62. The summed E-state index contributed by atoms with van der Waals surface area (Å²) in [5.74, 6) is 0. The molecule has 0 bridgehead atoms. The predicted octanol–water partition coefficient (Wildman–Crippen LogP) is 1.91. The molecule has 0 amide bonds. The van der Waals surface area contributed by atoms with E-state index in [-0.39, 0.29) is 4.90 Å². The number of pyridine rings is 1. The highest BCUT2D eigenvalue weighted by atomic mass is 32.2. The van der Waals surface area contributed by atoms with Crippen LogP contribution in [0.4, 0.5) is 5.69 Å². The fourth-order valence-electron chi connectivity index (χ4n) is 1.74. The Labute approximate surface area is 114 Å². The number of hydrogen-bond acceptors (Lipinski definition) is 5. The Kier molecular flexibility index (Phi) is 2.79. The molecule has 19 heavy (non-hydrogen) atoms. The zero-order valence-electron chi connectivity index (χ0n) is 9.65. The summed E-state index contributed by atoms with van der Waals surface area (Å²) in [7, 11) is -3.58. The molecule has 0 saturated carbocycles. The molecule has 96 valence electrons. The third kappa shape index (κ3) is 2.11. The van der Waals surface area contributed by atoms with Crippen molar-refractivity contribution in [3.05, 3.63) is 48.3 Å². The number of nitrogens with zero attached hydrogens (tertiary/aromatic N) is 2. The van der Waals surface area contributed by atoms with Crippen molar-refractivity contribution in [1.82, 2.24) is 4.98 Å². The number of hydrogen-bond donors (Lipinski definition) is 1. The van der Waals surface area contributed by atoms with Crippen LogP contribution in [0.1, 0.15) is 5.56 Å². The lowest BCUT2D eigenvalue weighted by Gasteiger charge is -2.04. The summed E-state index contributed by atoms with van der Waals surface area (Å²) in [6.07, 6.45) is 3.13. The molecule has 0 fully saturated rings. The number of nitrogen functional groups attached to an aromatic ring is 1. The molecule has 2 N–H and O–H groups in total. The summed E-state index contributed by atoms with van der Waals surface area (Å²) >= 11 is 1.23. The number of rotatable bonds is 1. The SMILES string of the molecule is Nc1cnccc1SC1=NS(=O)(=O)c2ccccc21. The van der Waals surface area contributed by atoms with Crippen LogP contribution in [0.15, 0.2) is 56.9 Å². The van der Waals surface area contributed by atoms with Crippen LogP contribution in [0.3, 0.4) is 0 Å². The normalized spacial score (nSPS) is 15.9. The van der Waals surface area contributed by atoms with Crippen LogP contribution in [0, 0.1) is 0 Å². The Morgan fingerprint density at radius 3 is 2.74 bits per heavy atom. The molecular weight excluding hydrogens is 282 g/mol. The number of benzene rings is 1. The van der Waals surface area contributed by atoms with Gasteiger partial charge in [0, 0.05) is 16.7 Å². The van der Waals surface area contributed by atoms with Crippen LogP contribution in [0.2, 0.25) is 0 Å². The van der Waals surface area contributed by atoms with Crippen LogP contribution in [0.25, 0.3) is 0 Å². The Bertz CT molecular complexity index is 785. The summed E-state index contributed by atoms with van der Waals surface area (Å²) in [6, 6.07) is 8.49. The molecule has 2 heterocycles. The highest BCUT2D eigenvalue weighted by molar-refractivity contribution is 8.15. The fourth-order valence-corrected chi connectivity index (χ4v) is 4.15. The Morgan fingerprint density at radius 1 is 1.16 bits per heavy atom. The summed E-state index contributed by atoms with van der Waals surface area (Å²) in [4.78, 5) is 4.87. The van der Waals surface area contributed by atoms with Gasteiger partial charge in [0.15, 0.2) is 0 Å². The van der Waals surface area contributed by atoms with Gasteiger partial charge in [-0.3, -0.25) is 4.98 Å². The number of nitrogens with two attached hydrogens (primary N) is 1. The molecule has 0 saturated heterocycles. The lowest BCUT2D eigenvalue weighted by Crippen LogP contribution is -1.95. The van der Waals surface area contributed by atoms with Crippen molar-refractivity contribution in [1.29, 1.82) is 0 Å². The smallest absolute Gasteiger partial charge is 0.284 e. The molecule has 5 nitrogen and oxygen atoms in total. The van der Waals surface area contributed by atoms with E-state index in [2.05, 4.69) is 9.38 Å². The molecular formula is C12H9N3O2S2. The highest BCUT2D eigenvalue weighted by Gasteiger charge is 2.29. The van der Waals surface area contributed by atoms with Crippen molar-refractivity contribution >= 4 is 32.5 Å². The van der Waals surface area contributed by atoms with Gasteiger partial charge >= 0.3 is 0 Å². The van der Waals surface area contributed by atoms with Gasteiger partial charge in [0.1, 0.15) is 5.04 Å². The quantitative estimate of drug-likeness (QED) is 0.867. The molecule has 2 aromatic rings. The molecule has 7 heteroatoms. The lowest BCUT2D eigenvalue weighted by molar-refractivity contribution is 0.599. The second kappa shape index (κ2) is 4.36. The van der Waals surface area contributed by atoms with Crippen LogP contribution in [0.5, 0.6) is 0 Å². The fraction of sp³-hybridized carbons (Fsp3) is 0. The molecule has 0 radical (unpaired) electrons. The summed E-state index contributed by atoms with van der Waals surface area (Å²) in [5.41, 5.74) is 6.91. The van der Waals surface area contributed by atoms with Crippen molar-refractivity contribution < 1.29 is 8.42 Å². The maximum absolute atomic E-state index is 11.9. The number of thioether (sulfide) groups is 1. The Hall–Kier alpha value is -1.86. The van der Waals surface area contributed by atoms with Crippen LogP contribution in [-0.2, 0) is 10.0 Å². The second-order valence-corrected chi connectivity index (χ2v) is 6.49. The second-order valence-electron chi connectivity index (χ2n) is 3.88. The highest BCUT2D eigenvalue weighted by Crippen LogP contribution is 2.35. The maximum atomic E-state index is 11.9. The number of fused-ring (bicyclic) bond motifs is 1. The first-order valence-corrected chi connectivity index (χ1v) is 7.65. The molecule has 1 aromatic carbocycles. The zero-order chi connectivity index (χ0) is 13.5. The van der Waals surface area contributed by atoms with E-state index < -0.39 is 10.0 Å². The van der Waals surface area contributed by atoms with Crippen molar-refractivity contribution in [2.75, 3.05) is 5.73 Å². The molecule has 0 atom stereocenters. The predicted molar refractivity (Wildman–Crippen MR) is 74.7 cm³/mol. The van der Waals surface area contributed by atoms with Gasteiger partial charge in [-0.05, 0) is 12.1 Å². The lowest BCUT2D eigenvalue weighted by atomic mass is 10.2. The molecule has 1 aromatic heterocycles. The van der Waals surface area contributed by atoms with Crippen molar-refractivity contribution in [3.8, 4) is 0 Å². The van der Waals surface area contributed by atoms with E-state index in [1.807, 2.05) is 0 Å². The number of anilines is 1. The Morgan fingerprint density at radius 2 is 1.95 bits per heavy atom. The molecule has 1 aliphatic rings. The minimum absolute atomic E-state index is 0.241. The van der Waals surface area contributed by atoms with Gasteiger partial charge in [0.2, 0.25) is 0 Å². The number of aromatic nitrogens is 1. The molecule has 0 spiro atoms. The van der Waals surface area contributed by atoms with Crippen molar-refractivity contribution in [3.63, 3.8) is 0 Å². The van der Waals surface area contributed by atoms with E-state index in [0.29, 0.717) is 16.3 Å². The van der Waals surface area contributed by atoms with E-state index in [0.717, 1.165) is 4.90 Å². The first-order valence-electron chi connectivity index (χ1n) is 5.39. The third-order valence-corrected chi connectivity index (χ3v) is 5.16. The average Bonchev–Trinajstić information content (AvgIpc) is 2.65. The van der Waals surface area contributed by atoms with Gasteiger partial charge in [0.05, 0.1) is 16.8 Å². The van der Waals surface area contributed by atoms with Crippen molar-refractivity contribution in [2.24, 2.45) is 4.40 Å². The monoisotopic (exact) mass is 291 g/mol. The topological polar surface area (TPSA) is 85.4 Å². The molecule has 3 rings (SSSR count). The molecule has 0 unspecified atom stereocenters. The summed E-state index contributed by atoms with van der Waals surface area (Å²) < 4.78 is 27.6. The largest absolute Gasteiger partial charge is 0.397 e. The van der Waals surface area contributed by atoms with Crippen molar-refractivity contribution in [2.45, 2.75) is 9.79 Å². The van der Waals surface area contributed by atoms with E-state index in [1.165, 1.54) is 18.0 Å². The van der Waals surface area contributed by atoms with Gasteiger partial charge < -0.3 is 5.73 Å². The van der Waals surface area contributed by atoms with E-state index in [1.54, 1.807) is 36.5 Å². The molecule has 1 aliphatic heterocycles. The van der Waals surface area contributed by atoms with Gasteiger partial charge in [-0.1, -0.05) is 30.0 Å². The summed E-state index contributed by atoms with van der Waals surface area (Å²) in [6.45, 7) is 0. The standard InChI is InChI=1S/C12H9N3O2S2/c13-9-7-14-6-5-10(9)18-12-8-3-1-2-4-11(8)19(16,17)15-12/h1-7H,13H2. The first kappa shape index (κ1) is 12.2. The first-order chi connectivity index (χ1) is 9.08. The van der Waals surface area contributed by atoms with Gasteiger partial charge in [0.25, 0.3) is 10.0 Å². The van der Waals surface area contributed by atoms with Crippen LogP contribution < -0.4 is 5.73 Å². The van der Waals surface area contributed by atoms with Crippen LogP contribution in [-0.4, -0.2) is 18.4 Å². The van der Waals surface area contributed by atoms with E-state index in [9.17, 15) is 8.42 Å². The Balaban J connectivity index is 2.07. The average molecular weight is 291 g/mol. The minimum atomic E-state index is -3.58. The van der Waals surface area contributed by atoms with E-state index >= 15 is 0 Å². The zero-order valence-corrected chi connectivity index (χ0v) is 11.3.